The largest absolute Gasteiger partial charge is 0.508 e. The third-order valence-corrected chi connectivity index (χ3v) is 6.76. The SMILES string of the molecule is O=C(Cc1ccccc1)c1cc(O)ccc1-c1cc(=O)c2c(O)c(O)c(O[C@H]3O[C@H](C(=O)O)[C@@H](O)[C@H](O)[C@H]3O)cc2o1. The van der Waals surface area contributed by atoms with E-state index in [0.29, 0.717) is 5.56 Å². The number of Topliss-reactive ketones (excluding diaryl/α,β-unsaturated/α-hetero) is 1. The van der Waals surface area contributed by atoms with Crippen LogP contribution in [0.3, 0.4) is 0 Å². The molecule has 0 bridgehead atoms. The summed E-state index contributed by atoms with van der Waals surface area (Å²) in [5.74, 6) is -5.03. The number of carboxylic acid groups (broad SMARTS) is 1. The number of hydrogen-bond donors (Lipinski definition) is 7. The Balaban J connectivity index is 1.56. The van der Waals surface area contributed by atoms with Crippen molar-refractivity contribution in [1.82, 2.24) is 0 Å². The summed E-state index contributed by atoms with van der Waals surface area (Å²) in [5, 5.41) is 70.2. The van der Waals surface area contributed by atoms with Crippen molar-refractivity contribution in [1.29, 1.82) is 0 Å². The van der Waals surface area contributed by atoms with Crippen LogP contribution in [-0.2, 0) is 16.0 Å². The number of carbonyl (C=O) groups excluding carboxylic acids is 1. The molecule has 0 spiro atoms. The summed E-state index contributed by atoms with van der Waals surface area (Å²) in [6, 6.07) is 14.6. The molecule has 1 aromatic heterocycles. The van der Waals surface area contributed by atoms with Crippen LogP contribution in [0.25, 0.3) is 22.3 Å². The second-order valence-corrected chi connectivity index (χ2v) is 9.59. The number of phenols is 3. The summed E-state index contributed by atoms with van der Waals surface area (Å²) in [7, 11) is 0. The van der Waals surface area contributed by atoms with Crippen LogP contribution < -0.4 is 10.2 Å². The highest BCUT2D eigenvalue weighted by Crippen LogP contribution is 2.43. The molecule has 5 rings (SSSR count). The average molecular weight is 580 g/mol. The van der Waals surface area contributed by atoms with E-state index in [9.17, 15) is 50.1 Å². The van der Waals surface area contributed by atoms with Gasteiger partial charge >= 0.3 is 5.97 Å². The van der Waals surface area contributed by atoms with Gasteiger partial charge in [-0.1, -0.05) is 30.3 Å². The molecule has 0 amide bonds. The maximum Gasteiger partial charge on any atom is 0.335 e. The van der Waals surface area contributed by atoms with Gasteiger partial charge in [-0.2, -0.15) is 0 Å². The van der Waals surface area contributed by atoms with Crippen LogP contribution in [-0.4, -0.2) is 78.2 Å². The molecule has 13 heteroatoms. The highest BCUT2D eigenvalue weighted by atomic mass is 16.7. The summed E-state index contributed by atoms with van der Waals surface area (Å²) in [4.78, 5) is 37.6. The standard InChI is InChI=1S/C29H24O13/c30-13-6-7-14(15(9-13)16(31)8-12-4-2-1-3-5-12)18-10-17(32)21-19(40-18)11-20(22(33)23(21)34)41-29-26(37)24(35)25(36)27(42-29)28(38)39/h1-7,9-11,24-27,29-30,33-37H,8H2,(H,38,39)/t24-,25-,26+,27-,29-/m0/s1. The van der Waals surface area contributed by atoms with E-state index in [-0.39, 0.29) is 34.6 Å². The quantitative estimate of drug-likeness (QED) is 0.121. The molecule has 0 saturated carbocycles. The van der Waals surface area contributed by atoms with Crippen molar-refractivity contribution in [2.45, 2.75) is 37.1 Å². The van der Waals surface area contributed by atoms with E-state index in [2.05, 4.69) is 0 Å². The van der Waals surface area contributed by atoms with Gasteiger partial charge in [0.15, 0.2) is 28.8 Å². The van der Waals surface area contributed by atoms with E-state index in [1.54, 1.807) is 30.3 Å². The molecular weight excluding hydrogens is 556 g/mol. The van der Waals surface area contributed by atoms with Gasteiger partial charge in [-0.25, -0.2) is 4.79 Å². The van der Waals surface area contributed by atoms with Crippen molar-refractivity contribution in [3.63, 3.8) is 0 Å². The van der Waals surface area contributed by atoms with Crippen molar-refractivity contribution in [3.05, 3.63) is 82.0 Å². The monoisotopic (exact) mass is 580 g/mol. The van der Waals surface area contributed by atoms with E-state index in [4.69, 9.17) is 13.9 Å². The van der Waals surface area contributed by atoms with Crippen molar-refractivity contribution in [3.8, 4) is 34.3 Å². The lowest BCUT2D eigenvalue weighted by molar-refractivity contribution is -0.271. The number of ketones is 1. The minimum Gasteiger partial charge on any atom is -0.508 e. The predicted molar refractivity (Wildman–Crippen MR) is 142 cm³/mol. The summed E-state index contributed by atoms with van der Waals surface area (Å²) < 4.78 is 16.2. The number of aliphatic hydroxyl groups is 3. The average Bonchev–Trinajstić information content (AvgIpc) is 2.95. The van der Waals surface area contributed by atoms with Gasteiger partial charge in [-0.3, -0.25) is 9.59 Å². The Hall–Kier alpha value is -4.95. The molecule has 0 unspecified atom stereocenters. The molecule has 1 aliphatic rings. The number of phenolic OH excluding ortho intramolecular Hbond substituents is 3. The fourth-order valence-corrected chi connectivity index (χ4v) is 4.62. The number of carbonyl (C=O) groups is 2. The highest BCUT2D eigenvalue weighted by Gasteiger charge is 2.48. The lowest BCUT2D eigenvalue weighted by Gasteiger charge is -2.38. The van der Waals surface area contributed by atoms with Gasteiger partial charge in [-0.15, -0.1) is 0 Å². The molecule has 5 atom stereocenters. The lowest BCUT2D eigenvalue weighted by atomic mass is 9.96. The normalized spacial score (nSPS) is 22.1. The Kier molecular flexibility index (Phi) is 7.58. The van der Waals surface area contributed by atoms with Crippen LogP contribution in [0.4, 0.5) is 0 Å². The highest BCUT2D eigenvalue weighted by molar-refractivity contribution is 6.03. The number of fused-ring (bicyclic) bond motifs is 1. The molecule has 1 saturated heterocycles. The predicted octanol–water partition coefficient (Wildman–Crippen LogP) is 1.27. The molecule has 218 valence electrons. The van der Waals surface area contributed by atoms with Crippen molar-refractivity contribution in [2.24, 2.45) is 0 Å². The van der Waals surface area contributed by atoms with Gasteiger partial charge in [0, 0.05) is 29.7 Å². The topological polar surface area (TPSA) is 224 Å². The number of hydrogen-bond acceptors (Lipinski definition) is 12. The summed E-state index contributed by atoms with van der Waals surface area (Å²) in [6.07, 6.45) is -9.96. The van der Waals surface area contributed by atoms with Crippen molar-refractivity contribution in [2.75, 3.05) is 0 Å². The Labute approximate surface area is 235 Å². The fourth-order valence-electron chi connectivity index (χ4n) is 4.62. The van der Waals surface area contributed by atoms with Gasteiger partial charge in [-0.05, 0) is 23.8 Å². The summed E-state index contributed by atoms with van der Waals surface area (Å²) >= 11 is 0. The Morgan fingerprint density at radius 1 is 0.857 bits per heavy atom. The molecule has 2 heterocycles. The number of ether oxygens (including phenoxy) is 2. The van der Waals surface area contributed by atoms with E-state index >= 15 is 0 Å². The van der Waals surface area contributed by atoms with Crippen LogP contribution in [0.5, 0.6) is 23.0 Å². The summed E-state index contributed by atoms with van der Waals surface area (Å²) in [5.41, 5.74) is -0.299. The van der Waals surface area contributed by atoms with Crippen LogP contribution >= 0.6 is 0 Å². The lowest BCUT2D eigenvalue weighted by Crippen LogP contribution is -2.61. The molecule has 0 radical (unpaired) electrons. The molecule has 42 heavy (non-hydrogen) atoms. The zero-order valence-electron chi connectivity index (χ0n) is 21.4. The Morgan fingerprint density at radius 3 is 2.26 bits per heavy atom. The number of rotatable bonds is 7. The molecule has 1 aliphatic heterocycles. The minimum atomic E-state index is -2.01. The van der Waals surface area contributed by atoms with Gasteiger partial charge in [0.05, 0.1) is 0 Å². The minimum absolute atomic E-state index is 0.0244. The second-order valence-electron chi connectivity index (χ2n) is 9.59. The molecule has 1 fully saturated rings. The van der Waals surface area contributed by atoms with Crippen LogP contribution in [0.15, 0.2) is 69.9 Å². The number of aliphatic hydroxyl groups excluding tert-OH is 3. The number of aliphatic carboxylic acids is 1. The number of benzene rings is 3. The number of aromatic hydroxyl groups is 3. The fraction of sp³-hybridized carbons (Fsp3) is 0.207. The van der Waals surface area contributed by atoms with Crippen LogP contribution in [0.1, 0.15) is 15.9 Å². The maximum absolute atomic E-state index is 13.2. The van der Waals surface area contributed by atoms with Gasteiger partial charge in [0.2, 0.25) is 12.0 Å². The molecule has 0 aliphatic carbocycles. The number of carboxylic acids is 1. The van der Waals surface area contributed by atoms with E-state index in [1.807, 2.05) is 0 Å². The third kappa shape index (κ3) is 5.24. The van der Waals surface area contributed by atoms with Gasteiger partial charge in [0.1, 0.15) is 40.8 Å². The smallest absolute Gasteiger partial charge is 0.335 e. The Bertz CT molecular complexity index is 1730. The zero-order valence-corrected chi connectivity index (χ0v) is 21.4. The first-order valence-electron chi connectivity index (χ1n) is 12.5. The zero-order chi connectivity index (χ0) is 30.3. The van der Waals surface area contributed by atoms with E-state index in [0.717, 1.165) is 12.1 Å². The van der Waals surface area contributed by atoms with E-state index in [1.165, 1.54) is 18.2 Å². The van der Waals surface area contributed by atoms with Crippen molar-refractivity contribution < 1.29 is 59.2 Å². The first-order chi connectivity index (χ1) is 20.0. The van der Waals surface area contributed by atoms with Gasteiger partial charge < -0.3 is 49.6 Å². The van der Waals surface area contributed by atoms with Crippen molar-refractivity contribution >= 4 is 22.7 Å². The molecule has 3 aromatic carbocycles. The Morgan fingerprint density at radius 2 is 1.57 bits per heavy atom. The molecule has 4 aromatic rings. The first kappa shape index (κ1) is 28.6. The van der Waals surface area contributed by atoms with E-state index < -0.39 is 70.5 Å². The summed E-state index contributed by atoms with van der Waals surface area (Å²) in [6.45, 7) is 0. The molecule has 13 nitrogen and oxygen atoms in total. The third-order valence-electron chi connectivity index (χ3n) is 6.76. The second kappa shape index (κ2) is 11.1. The molecular formula is C29H24O13. The van der Waals surface area contributed by atoms with Crippen LogP contribution in [0, 0.1) is 0 Å². The maximum atomic E-state index is 13.2. The van der Waals surface area contributed by atoms with Crippen LogP contribution in [0.2, 0.25) is 0 Å². The molecule has 7 N–H and O–H groups in total. The van der Waals surface area contributed by atoms with Gasteiger partial charge in [0.25, 0.3) is 0 Å². The first-order valence-corrected chi connectivity index (χ1v) is 12.5.